The summed E-state index contributed by atoms with van der Waals surface area (Å²) in [5.41, 5.74) is 1.38. The average molecular weight is 287 g/mol. The number of rotatable bonds is 5. The van der Waals surface area contributed by atoms with E-state index in [1.54, 1.807) is 6.20 Å². The predicted octanol–water partition coefficient (Wildman–Crippen LogP) is 1.73. The van der Waals surface area contributed by atoms with Gasteiger partial charge in [0.05, 0.1) is 0 Å². The SMILES string of the molecule is Cc1ccccc1OC[C@@]1(O)CCN(Cc2ccn[nH]2)C1. The van der Waals surface area contributed by atoms with Crippen LogP contribution < -0.4 is 4.74 Å². The van der Waals surface area contributed by atoms with E-state index in [0.29, 0.717) is 13.2 Å². The molecule has 0 unspecified atom stereocenters. The second-order valence-corrected chi connectivity index (χ2v) is 5.82. The molecule has 0 spiro atoms. The van der Waals surface area contributed by atoms with E-state index in [4.69, 9.17) is 4.74 Å². The summed E-state index contributed by atoms with van der Waals surface area (Å²) >= 11 is 0. The first-order valence-electron chi connectivity index (χ1n) is 7.26. The van der Waals surface area contributed by atoms with Gasteiger partial charge in [-0.2, -0.15) is 5.10 Å². The number of H-pyrrole nitrogens is 1. The van der Waals surface area contributed by atoms with Gasteiger partial charge in [0, 0.05) is 31.5 Å². The average Bonchev–Trinajstić information content (AvgIpc) is 3.09. The standard InChI is InChI=1S/C16H21N3O2/c1-13-4-2-3-5-15(13)21-12-16(20)7-9-19(11-16)10-14-6-8-17-18-14/h2-6,8,20H,7,9-12H2,1H3,(H,17,18)/t16-/m1/s1. The first-order valence-corrected chi connectivity index (χ1v) is 7.26. The highest BCUT2D eigenvalue weighted by molar-refractivity contribution is 5.31. The molecule has 1 aromatic carbocycles. The van der Waals surface area contributed by atoms with Crippen molar-refractivity contribution in [3.05, 3.63) is 47.8 Å². The number of likely N-dealkylation sites (tertiary alicyclic amines) is 1. The highest BCUT2D eigenvalue weighted by Gasteiger charge is 2.37. The molecule has 1 fully saturated rings. The maximum Gasteiger partial charge on any atom is 0.122 e. The molecule has 2 N–H and O–H groups in total. The van der Waals surface area contributed by atoms with Crippen molar-refractivity contribution in [3.8, 4) is 5.75 Å². The monoisotopic (exact) mass is 287 g/mol. The number of ether oxygens (including phenoxy) is 1. The van der Waals surface area contributed by atoms with Crippen LogP contribution in [0.4, 0.5) is 0 Å². The predicted molar refractivity (Wildman–Crippen MR) is 80.1 cm³/mol. The fraction of sp³-hybridized carbons (Fsp3) is 0.438. The number of aryl methyl sites for hydroxylation is 1. The minimum atomic E-state index is -0.775. The number of aromatic amines is 1. The Balaban J connectivity index is 1.55. The number of aliphatic hydroxyl groups is 1. The van der Waals surface area contributed by atoms with Crippen LogP contribution in [-0.4, -0.2) is 45.5 Å². The first kappa shape index (κ1) is 14.1. The Morgan fingerprint density at radius 2 is 2.24 bits per heavy atom. The number of hydrogen-bond donors (Lipinski definition) is 2. The second-order valence-electron chi connectivity index (χ2n) is 5.82. The fourth-order valence-corrected chi connectivity index (χ4v) is 2.74. The van der Waals surface area contributed by atoms with Crippen LogP contribution in [0.5, 0.6) is 5.75 Å². The molecule has 0 saturated carbocycles. The van der Waals surface area contributed by atoms with Crippen LogP contribution in [0.2, 0.25) is 0 Å². The van der Waals surface area contributed by atoms with Crippen LogP contribution in [0.3, 0.4) is 0 Å². The van der Waals surface area contributed by atoms with Crippen molar-refractivity contribution in [1.29, 1.82) is 0 Å². The quantitative estimate of drug-likeness (QED) is 0.879. The molecule has 112 valence electrons. The molecule has 2 aromatic rings. The Hall–Kier alpha value is -1.85. The van der Waals surface area contributed by atoms with Gasteiger partial charge in [-0.15, -0.1) is 0 Å². The lowest BCUT2D eigenvalue weighted by atomic mass is 10.1. The summed E-state index contributed by atoms with van der Waals surface area (Å²) in [4.78, 5) is 2.22. The molecule has 5 nitrogen and oxygen atoms in total. The van der Waals surface area contributed by atoms with E-state index < -0.39 is 5.60 Å². The number of aromatic nitrogens is 2. The van der Waals surface area contributed by atoms with Crippen LogP contribution in [0.15, 0.2) is 36.5 Å². The van der Waals surface area contributed by atoms with Gasteiger partial charge >= 0.3 is 0 Å². The molecule has 1 aliphatic rings. The van der Waals surface area contributed by atoms with E-state index in [0.717, 1.165) is 36.5 Å². The lowest BCUT2D eigenvalue weighted by molar-refractivity contribution is 0.00312. The number of nitrogens with zero attached hydrogens (tertiary/aromatic N) is 2. The molecule has 5 heteroatoms. The van der Waals surface area contributed by atoms with E-state index in [-0.39, 0.29) is 0 Å². The largest absolute Gasteiger partial charge is 0.490 e. The van der Waals surface area contributed by atoms with Crippen LogP contribution >= 0.6 is 0 Å². The summed E-state index contributed by atoms with van der Waals surface area (Å²) in [6.07, 6.45) is 2.48. The highest BCUT2D eigenvalue weighted by Crippen LogP contribution is 2.25. The zero-order chi connectivity index (χ0) is 14.7. The molecule has 2 heterocycles. The number of nitrogens with one attached hydrogen (secondary N) is 1. The third-order valence-corrected chi connectivity index (χ3v) is 3.95. The summed E-state index contributed by atoms with van der Waals surface area (Å²) < 4.78 is 5.81. The first-order chi connectivity index (χ1) is 10.1. The van der Waals surface area contributed by atoms with Gasteiger partial charge < -0.3 is 9.84 Å². The van der Waals surface area contributed by atoms with E-state index >= 15 is 0 Å². The fourth-order valence-electron chi connectivity index (χ4n) is 2.74. The second kappa shape index (κ2) is 5.87. The van der Waals surface area contributed by atoms with E-state index in [2.05, 4.69) is 15.1 Å². The summed E-state index contributed by atoms with van der Waals surface area (Å²) in [6.45, 7) is 4.62. The summed E-state index contributed by atoms with van der Waals surface area (Å²) in [7, 11) is 0. The van der Waals surface area contributed by atoms with Gasteiger partial charge in [-0.05, 0) is 31.0 Å². The van der Waals surface area contributed by atoms with Gasteiger partial charge in [0.1, 0.15) is 18.0 Å². The minimum Gasteiger partial charge on any atom is -0.490 e. The van der Waals surface area contributed by atoms with Crippen LogP contribution in [0.1, 0.15) is 17.7 Å². The number of β-amino-alcohol motifs (C(OH)–C–C–N with tert-alkyl or cyclic N) is 1. The van der Waals surface area contributed by atoms with Gasteiger partial charge in [0.25, 0.3) is 0 Å². The van der Waals surface area contributed by atoms with E-state index in [1.807, 2.05) is 37.3 Å². The van der Waals surface area contributed by atoms with Crippen molar-refractivity contribution in [2.75, 3.05) is 19.7 Å². The van der Waals surface area contributed by atoms with Gasteiger partial charge in [-0.25, -0.2) is 0 Å². The molecular formula is C16H21N3O2. The van der Waals surface area contributed by atoms with Crippen molar-refractivity contribution in [2.45, 2.75) is 25.5 Å². The van der Waals surface area contributed by atoms with E-state index in [1.165, 1.54) is 0 Å². The molecule has 0 aliphatic carbocycles. The zero-order valence-corrected chi connectivity index (χ0v) is 12.2. The van der Waals surface area contributed by atoms with Crippen molar-refractivity contribution in [1.82, 2.24) is 15.1 Å². The van der Waals surface area contributed by atoms with Crippen molar-refractivity contribution in [2.24, 2.45) is 0 Å². The molecule has 0 radical (unpaired) electrons. The highest BCUT2D eigenvalue weighted by atomic mass is 16.5. The van der Waals surface area contributed by atoms with Crippen molar-refractivity contribution < 1.29 is 9.84 Å². The molecule has 1 saturated heterocycles. The molecule has 0 bridgehead atoms. The third-order valence-electron chi connectivity index (χ3n) is 3.95. The molecule has 1 atom stereocenters. The Morgan fingerprint density at radius 3 is 3.00 bits per heavy atom. The Morgan fingerprint density at radius 1 is 1.38 bits per heavy atom. The molecule has 3 rings (SSSR count). The molecular weight excluding hydrogens is 266 g/mol. The summed E-state index contributed by atoms with van der Waals surface area (Å²) in [6, 6.07) is 9.85. The van der Waals surface area contributed by atoms with Crippen LogP contribution in [-0.2, 0) is 6.54 Å². The maximum atomic E-state index is 10.7. The Kier molecular flexibility index (Phi) is 3.94. The summed E-state index contributed by atoms with van der Waals surface area (Å²) in [5, 5.41) is 17.5. The molecule has 1 aromatic heterocycles. The minimum absolute atomic E-state index is 0.331. The van der Waals surface area contributed by atoms with Gasteiger partial charge in [0.2, 0.25) is 0 Å². The van der Waals surface area contributed by atoms with Gasteiger partial charge in [-0.3, -0.25) is 10.00 Å². The zero-order valence-electron chi connectivity index (χ0n) is 12.2. The lowest BCUT2D eigenvalue weighted by Crippen LogP contribution is -2.39. The molecule has 1 aliphatic heterocycles. The molecule has 21 heavy (non-hydrogen) atoms. The lowest BCUT2D eigenvalue weighted by Gasteiger charge is -2.24. The Labute approximate surface area is 124 Å². The maximum absolute atomic E-state index is 10.7. The number of benzene rings is 1. The number of hydrogen-bond acceptors (Lipinski definition) is 4. The molecule has 0 amide bonds. The van der Waals surface area contributed by atoms with Crippen molar-refractivity contribution >= 4 is 0 Å². The van der Waals surface area contributed by atoms with Crippen LogP contribution in [0.25, 0.3) is 0 Å². The Bertz CT molecular complexity index is 585. The smallest absolute Gasteiger partial charge is 0.122 e. The van der Waals surface area contributed by atoms with Crippen molar-refractivity contribution in [3.63, 3.8) is 0 Å². The number of para-hydroxylation sites is 1. The van der Waals surface area contributed by atoms with Gasteiger partial charge in [-0.1, -0.05) is 18.2 Å². The third kappa shape index (κ3) is 3.43. The normalized spacial score (nSPS) is 22.6. The van der Waals surface area contributed by atoms with E-state index in [9.17, 15) is 5.11 Å². The topological polar surface area (TPSA) is 61.4 Å². The van der Waals surface area contributed by atoms with Crippen LogP contribution in [0, 0.1) is 6.92 Å². The summed E-state index contributed by atoms with van der Waals surface area (Å²) in [5.74, 6) is 0.845. The van der Waals surface area contributed by atoms with Gasteiger partial charge in [0.15, 0.2) is 0 Å².